The third-order valence-electron chi connectivity index (χ3n) is 6.11. The quantitative estimate of drug-likeness (QED) is 0.388. The van der Waals surface area contributed by atoms with Gasteiger partial charge in [-0.3, -0.25) is 0 Å². The Labute approximate surface area is 193 Å². The van der Waals surface area contributed by atoms with E-state index in [9.17, 15) is 13.5 Å². The summed E-state index contributed by atoms with van der Waals surface area (Å²) < 4.78 is 35.4. The Morgan fingerprint density at radius 3 is 2.67 bits per heavy atom. The third-order valence-corrected chi connectivity index (χ3v) is 7.63. The predicted molar refractivity (Wildman–Crippen MR) is 129 cm³/mol. The maximum atomic E-state index is 13.5. The van der Waals surface area contributed by atoms with Gasteiger partial charge >= 0.3 is 0 Å². The molecule has 2 heterocycles. The molecule has 1 aromatic heterocycles. The first-order valence-corrected chi connectivity index (χ1v) is 12.5. The summed E-state index contributed by atoms with van der Waals surface area (Å²) >= 11 is 0. The number of rotatable bonds is 7. The normalized spacial score (nSPS) is 14.2. The second kappa shape index (κ2) is 8.67. The van der Waals surface area contributed by atoms with Crippen LogP contribution in [0.4, 0.5) is 0 Å². The van der Waals surface area contributed by atoms with Gasteiger partial charge in [-0.1, -0.05) is 48.0 Å². The smallest absolute Gasteiger partial charge is 0.244 e. The Balaban J connectivity index is 1.48. The van der Waals surface area contributed by atoms with E-state index in [4.69, 9.17) is 4.74 Å². The lowest BCUT2D eigenvalue weighted by Crippen LogP contribution is -2.39. The number of sulfonamides is 1. The van der Waals surface area contributed by atoms with Crippen LogP contribution in [-0.2, 0) is 22.9 Å². The molecule has 0 bridgehead atoms. The van der Waals surface area contributed by atoms with Crippen LogP contribution in [-0.4, -0.2) is 37.8 Å². The Hall–Kier alpha value is -3.13. The van der Waals surface area contributed by atoms with Crippen molar-refractivity contribution < 1.29 is 18.3 Å². The molecule has 0 unspecified atom stereocenters. The number of aryl methyl sites for hydroxylation is 1. The van der Waals surface area contributed by atoms with Gasteiger partial charge in [0.25, 0.3) is 0 Å². The van der Waals surface area contributed by atoms with Crippen LogP contribution in [0.25, 0.3) is 22.0 Å². The van der Waals surface area contributed by atoms with Crippen molar-refractivity contribution in [2.75, 3.05) is 13.2 Å². The first-order valence-electron chi connectivity index (χ1n) is 11.0. The van der Waals surface area contributed by atoms with Crippen LogP contribution in [0.5, 0.6) is 5.75 Å². The Morgan fingerprint density at radius 1 is 1.09 bits per heavy atom. The molecule has 0 radical (unpaired) electrons. The van der Waals surface area contributed by atoms with Gasteiger partial charge in [0.05, 0.1) is 13.2 Å². The Morgan fingerprint density at radius 2 is 1.88 bits per heavy atom. The highest BCUT2D eigenvalue weighted by Crippen LogP contribution is 2.37. The van der Waals surface area contributed by atoms with Crippen molar-refractivity contribution in [2.45, 2.75) is 30.7 Å². The molecule has 3 aromatic carbocycles. The van der Waals surface area contributed by atoms with E-state index in [0.717, 1.165) is 38.7 Å². The summed E-state index contributed by atoms with van der Waals surface area (Å²) in [6.45, 7) is 2.15. The summed E-state index contributed by atoms with van der Waals surface area (Å²) in [4.78, 5) is 3.31. The van der Waals surface area contributed by atoms with Crippen LogP contribution in [0, 0.1) is 6.92 Å². The van der Waals surface area contributed by atoms with Crippen molar-refractivity contribution in [2.24, 2.45) is 0 Å². The van der Waals surface area contributed by atoms with Crippen LogP contribution in [0.2, 0.25) is 0 Å². The molecule has 1 aliphatic rings. The van der Waals surface area contributed by atoms with Gasteiger partial charge in [-0.15, -0.1) is 0 Å². The van der Waals surface area contributed by atoms with Crippen molar-refractivity contribution in [3.05, 3.63) is 83.6 Å². The number of hydrogen-bond donors (Lipinski definition) is 3. The Kier molecular flexibility index (Phi) is 5.70. The average Bonchev–Trinajstić information content (AvgIpc) is 3.45. The zero-order valence-corrected chi connectivity index (χ0v) is 19.2. The lowest BCUT2D eigenvalue weighted by atomic mass is 10.0. The molecule has 6 nitrogen and oxygen atoms in total. The number of aliphatic hydroxyl groups excluding tert-OH is 1. The molecule has 1 atom stereocenters. The van der Waals surface area contributed by atoms with E-state index in [1.54, 1.807) is 6.07 Å². The number of para-hydroxylation sites is 1. The monoisotopic (exact) mass is 462 g/mol. The van der Waals surface area contributed by atoms with Crippen LogP contribution in [0.1, 0.15) is 16.7 Å². The number of benzene rings is 3. The zero-order valence-electron chi connectivity index (χ0n) is 18.3. The molecular formula is C26H26N2O4S. The molecule has 170 valence electrons. The number of aromatic nitrogens is 1. The number of ether oxygens (including phenoxy) is 1. The molecule has 0 fully saturated rings. The van der Waals surface area contributed by atoms with Gasteiger partial charge in [-0.05, 0) is 53.8 Å². The van der Waals surface area contributed by atoms with E-state index >= 15 is 0 Å². The number of nitrogens with one attached hydrogen (secondary N) is 2. The van der Waals surface area contributed by atoms with Gasteiger partial charge in [0.2, 0.25) is 10.0 Å². The first kappa shape index (κ1) is 21.7. The fourth-order valence-corrected chi connectivity index (χ4v) is 5.82. The number of H-pyrrole nitrogens is 1. The second-order valence-corrected chi connectivity index (χ2v) is 10.2. The average molecular weight is 463 g/mol. The SMILES string of the molecule is Cc1ccc(-c2cc3c(c(S(=O)(=O)N[C@@H](CO)Cc4c[nH]c5ccccc45)c2)OCC3)cc1. The summed E-state index contributed by atoms with van der Waals surface area (Å²) in [5.74, 6) is 0.405. The minimum absolute atomic E-state index is 0.116. The second-order valence-electron chi connectivity index (χ2n) is 8.49. The molecule has 0 saturated heterocycles. The first-order chi connectivity index (χ1) is 15.9. The molecule has 0 aliphatic carbocycles. The van der Waals surface area contributed by atoms with Crippen LogP contribution >= 0.6 is 0 Å². The molecule has 3 N–H and O–H groups in total. The summed E-state index contributed by atoms with van der Waals surface area (Å²) in [6.07, 6.45) is 2.89. The molecular weight excluding hydrogens is 436 g/mol. The van der Waals surface area contributed by atoms with Crippen molar-refractivity contribution in [3.8, 4) is 16.9 Å². The van der Waals surface area contributed by atoms with Crippen LogP contribution < -0.4 is 9.46 Å². The largest absolute Gasteiger partial charge is 0.492 e. The minimum atomic E-state index is -3.94. The van der Waals surface area contributed by atoms with Crippen molar-refractivity contribution in [1.29, 1.82) is 0 Å². The molecule has 0 saturated carbocycles. The van der Waals surface area contributed by atoms with Gasteiger partial charge in [-0.25, -0.2) is 13.1 Å². The van der Waals surface area contributed by atoms with E-state index in [1.807, 2.05) is 67.7 Å². The third kappa shape index (κ3) is 4.27. The van der Waals surface area contributed by atoms with E-state index < -0.39 is 16.1 Å². The predicted octanol–water partition coefficient (Wildman–Crippen LogP) is 3.96. The molecule has 5 rings (SSSR count). The lowest BCUT2D eigenvalue weighted by molar-refractivity contribution is 0.256. The molecule has 0 spiro atoms. The fourth-order valence-electron chi connectivity index (χ4n) is 4.38. The van der Waals surface area contributed by atoms with E-state index in [0.29, 0.717) is 25.2 Å². The van der Waals surface area contributed by atoms with Gasteiger partial charge in [0.15, 0.2) is 0 Å². The maximum absolute atomic E-state index is 13.5. The number of hydrogen-bond acceptors (Lipinski definition) is 4. The van der Waals surface area contributed by atoms with E-state index in [2.05, 4.69) is 9.71 Å². The fraction of sp³-hybridized carbons (Fsp3) is 0.231. The van der Waals surface area contributed by atoms with E-state index in [-0.39, 0.29) is 11.5 Å². The number of fused-ring (bicyclic) bond motifs is 2. The number of aromatic amines is 1. The standard InChI is InChI=1S/C26H26N2O4S/c1-17-6-8-18(9-7-17)20-12-19-10-11-32-26(19)25(14-20)33(30,31)28-22(16-29)13-21-15-27-24-5-3-2-4-23(21)24/h2-9,12,14-15,22,27-29H,10-11,13,16H2,1H3/t22-/m1/s1. The molecule has 0 amide bonds. The highest BCUT2D eigenvalue weighted by atomic mass is 32.2. The maximum Gasteiger partial charge on any atom is 0.244 e. The Bertz CT molecular complexity index is 1410. The highest BCUT2D eigenvalue weighted by Gasteiger charge is 2.29. The molecule has 33 heavy (non-hydrogen) atoms. The highest BCUT2D eigenvalue weighted by molar-refractivity contribution is 7.89. The molecule has 7 heteroatoms. The van der Waals surface area contributed by atoms with Crippen LogP contribution in [0.15, 0.2) is 71.8 Å². The van der Waals surface area contributed by atoms with Crippen molar-refractivity contribution >= 4 is 20.9 Å². The molecule has 4 aromatic rings. The van der Waals surface area contributed by atoms with Crippen molar-refractivity contribution in [3.63, 3.8) is 0 Å². The van der Waals surface area contributed by atoms with Crippen molar-refractivity contribution in [1.82, 2.24) is 9.71 Å². The minimum Gasteiger partial charge on any atom is -0.492 e. The number of aliphatic hydroxyl groups is 1. The molecule has 1 aliphatic heterocycles. The van der Waals surface area contributed by atoms with Gasteiger partial charge < -0.3 is 14.8 Å². The van der Waals surface area contributed by atoms with Gasteiger partial charge in [0, 0.05) is 29.6 Å². The zero-order chi connectivity index (χ0) is 23.0. The summed E-state index contributed by atoms with van der Waals surface area (Å²) in [5.41, 5.74) is 5.72. The van der Waals surface area contributed by atoms with Gasteiger partial charge in [0.1, 0.15) is 10.6 Å². The summed E-state index contributed by atoms with van der Waals surface area (Å²) in [5, 5.41) is 11.0. The van der Waals surface area contributed by atoms with Gasteiger partial charge in [-0.2, -0.15) is 0 Å². The van der Waals surface area contributed by atoms with Crippen LogP contribution in [0.3, 0.4) is 0 Å². The summed E-state index contributed by atoms with van der Waals surface area (Å²) in [7, 11) is -3.94. The summed E-state index contributed by atoms with van der Waals surface area (Å²) in [6, 6.07) is 18.8. The van der Waals surface area contributed by atoms with E-state index in [1.165, 1.54) is 0 Å². The topological polar surface area (TPSA) is 91.4 Å². The lowest BCUT2D eigenvalue weighted by Gasteiger charge is -2.18.